The van der Waals surface area contributed by atoms with Gasteiger partial charge in [0.25, 0.3) is 5.91 Å². The van der Waals surface area contributed by atoms with E-state index >= 15 is 0 Å². The van der Waals surface area contributed by atoms with Crippen molar-refractivity contribution >= 4 is 52.0 Å². The maximum atomic E-state index is 14.2. The van der Waals surface area contributed by atoms with Crippen LogP contribution in [0, 0.1) is 5.41 Å². The monoisotopic (exact) mass is 585 g/mol. The van der Waals surface area contributed by atoms with E-state index in [2.05, 4.69) is 10.2 Å². The van der Waals surface area contributed by atoms with E-state index in [1.54, 1.807) is 4.90 Å². The zero-order valence-corrected chi connectivity index (χ0v) is 24.9. The highest BCUT2D eigenvalue weighted by atomic mass is 35.5. The molecule has 0 radical (unpaired) electrons. The molecule has 2 saturated heterocycles. The third-order valence-electron chi connectivity index (χ3n) is 8.27. The van der Waals surface area contributed by atoms with Gasteiger partial charge in [0.15, 0.2) is 0 Å². The Bertz CT molecular complexity index is 1370. The van der Waals surface area contributed by atoms with E-state index in [1.807, 2.05) is 80.2 Å². The number of benzene rings is 2. The fraction of sp³-hybridized carbons (Fsp3) is 0.483. The summed E-state index contributed by atoms with van der Waals surface area (Å²) in [6.45, 7) is 7.90. The minimum atomic E-state index is -1.35. The predicted octanol–water partition coefficient (Wildman–Crippen LogP) is 4.47. The average Bonchev–Trinajstić information content (AvgIpc) is 3.41. The molecule has 2 aromatic carbocycles. The summed E-state index contributed by atoms with van der Waals surface area (Å²) in [6, 6.07) is 11.7. The molecule has 40 heavy (non-hydrogen) atoms. The van der Waals surface area contributed by atoms with Crippen LogP contribution in [0.4, 0.5) is 4.79 Å². The smallest absolute Gasteiger partial charge is 0.405 e. The molecule has 0 spiro atoms. The number of halogens is 1. The molecule has 5 rings (SSSR count). The van der Waals surface area contributed by atoms with Crippen LogP contribution in [0.15, 0.2) is 53.2 Å². The quantitative estimate of drug-likeness (QED) is 0.483. The molecular formula is C29H36ClN5O4S. The standard InChI is InChI=1S/C29H36ClN5O4S/c1-28(2,3)29(31-27(38)39,16-40-23-8-6-19-13-21(30)7-5-20(19)14-23)26(37)33-11-9-22(10-12-33)35-18-34-17-32(4)15-24(34)25(35)36/h5-8,13-15,22,31H,9-12,16-18H2,1-4H3,(H,38,39)/t29-/m1/s1. The highest BCUT2D eigenvalue weighted by Crippen LogP contribution is 2.39. The Labute approximate surface area is 244 Å². The van der Waals surface area contributed by atoms with Crippen LogP contribution in [0.3, 0.4) is 0 Å². The summed E-state index contributed by atoms with van der Waals surface area (Å²) in [5.74, 6) is 0.0559. The molecule has 0 aromatic heterocycles. The van der Waals surface area contributed by atoms with Crippen LogP contribution in [0.25, 0.3) is 10.8 Å². The summed E-state index contributed by atoms with van der Waals surface area (Å²) >= 11 is 7.59. The van der Waals surface area contributed by atoms with Crippen LogP contribution >= 0.6 is 23.4 Å². The lowest BCUT2D eigenvalue weighted by atomic mass is 9.73. The maximum Gasteiger partial charge on any atom is 0.405 e. The van der Waals surface area contributed by atoms with Crippen LogP contribution < -0.4 is 5.32 Å². The number of carboxylic acid groups (broad SMARTS) is 1. The molecule has 0 unspecified atom stereocenters. The van der Waals surface area contributed by atoms with Gasteiger partial charge in [-0.25, -0.2) is 4.79 Å². The molecule has 3 heterocycles. The van der Waals surface area contributed by atoms with E-state index in [1.165, 1.54) is 11.8 Å². The van der Waals surface area contributed by atoms with Crippen LogP contribution in [-0.4, -0.2) is 93.4 Å². The van der Waals surface area contributed by atoms with E-state index in [0.717, 1.165) is 21.4 Å². The number of hydrogen-bond donors (Lipinski definition) is 2. The first-order valence-electron chi connectivity index (χ1n) is 13.5. The number of hydrogen-bond acceptors (Lipinski definition) is 6. The van der Waals surface area contributed by atoms with Crippen LogP contribution in [-0.2, 0) is 9.59 Å². The first kappa shape index (κ1) is 28.4. The van der Waals surface area contributed by atoms with Gasteiger partial charge in [-0.05, 0) is 53.3 Å². The van der Waals surface area contributed by atoms with Gasteiger partial charge in [0.2, 0.25) is 5.91 Å². The lowest BCUT2D eigenvalue weighted by molar-refractivity contribution is -0.143. The largest absolute Gasteiger partial charge is 0.465 e. The second-order valence-electron chi connectivity index (χ2n) is 11.9. The predicted molar refractivity (Wildman–Crippen MR) is 157 cm³/mol. The zero-order chi connectivity index (χ0) is 28.8. The van der Waals surface area contributed by atoms with Gasteiger partial charge in [0, 0.05) is 48.0 Å². The Morgan fingerprint density at radius 1 is 1.07 bits per heavy atom. The first-order valence-corrected chi connectivity index (χ1v) is 14.8. The Morgan fingerprint density at radius 2 is 1.75 bits per heavy atom. The van der Waals surface area contributed by atoms with Crippen LogP contribution in [0.1, 0.15) is 33.6 Å². The number of thioether (sulfide) groups is 1. The average molecular weight is 586 g/mol. The fourth-order valence-corrected chi connectivity index (χ4v) is 7.42. The molecule has 3 aliphatic rings. The minimum absolute atomic E-state index is 0.0414. The second-order valence-corrected chi connectivity index (χ2v) is 13.4. The van der Waals surface area contributed by atoms with Crippen molar-refractivity contribution in [1.82, 2.24) is 24.9 Å². The normalized spacial score (nSPS) is 19.6. The number of rotatable bonds is 6. The summed E-state index contributed by atoms with van der Waals surface area (Å²) in [5.41, 5.74) is -1.33. The van der Waals surface area contributed by atoms with Crippen molar-refractivity contribution < 1.29 is 19.5 Å². The number of carbonyl (C=O) groups is 3. The number of nitrogens with one attached hydrogen (secondary N) is 1. The summed E-state index contributed by atoms with van der Waals surface area (Å²) in [4.78, 5) is 48.0. The van der Waals surface area contributed by atoms with Gasteiger partial charge in [0.05, 0.1) is 13.3 Å². The van der Waals surface area contributed by atoms with Crippen molar-refractivity contribution in [3.8, 4) is 0 Å². The van der Waals surface area contributed by atoms with Gasteiger partial charge in [-0.1, -0.05) is 44.5 Å². The van der Waals surface area contributed by atoms with Gasteiger partial charge in [0.1, 0.15) is 11.2 Å². The van der Waals surface area contributed by atoms with Gasteiger partial charge in [-0.15, -0.1) is 11.8 Å². The van der Waals surface area contributed by atoms with Crippen molar-refractivity contribution in [2.75, 3.05) is 39.2 Å². The Kier molecular flexibility index (Phi) is 7.60. The van der Waals surface area contributed by atoms with Crippen molar-refractivity contribution in [3.63, 3.8) is 0 Å². The lowest BCUT2D eigenvalue weighted by Crippen LogP contribution is -2.68. The number of fused-ring (bicyclic) bond motifs is 2. The fourth-order valence-electron chi connectivity index (χ4n) is 5.85. The van der Waals surface area contributed by atoms with Crippen molar-refractivity contribution in [3.05, 3.63) is 53.3 Å². The summed E-state index contributed by atoms with van der Waals surface area (Å²) in [6.07, 6.45) is 1.97. The third kappa shape index (κ3) is 5.31. The highest BCUT2D eigenvalue weighted by molar-refractivity contribution is 7.99. The van der Waals surface area contributed by atoms with Crippen molar-refractivity contribution in [2.24, 2.45) is 5.41 Å². The molecule has 3 aliphatic heterocycles. The van der Waals surface area contributed by atoms with E-state index in [9.17, 15) is 19.5 Å². The summed E-state index contributed by atoms with van der Waals surface area (Å²) < 4.78 is 0. The number of piperidine rings is 1. The van der Waals surface area contributed by atoms with Crippen LogP contribution in [0.5, 0.6) is 0 Å². The molecule has 9 nitrogen and oxygen atoms in total. The van der Waals surface area contributed by atoms with E-state index in [4.69, 9.17) is 11.6 Å². The number of carbonyl (C=O) groups excluding carboxylic acids is 2. The molecular weight excluding hydrogens is 550 g/mol. The number of nitrogens with zero attached hydrogens (tertiary/aromatic N) is 4. The second kappa shape index (κ2) is 10.7. The number of amides is 3. The van der Waals surface area contributed by atoms with Gasteiger partial charge in [-0.3, -0.25) is 9.59 Å². The molecule has 214 valence electrons. The van der Waals surface area contributed by atoms with Gasteiger partial charge in [-0.2, -0.15) is 0 Å². The van der Waals surface area contributed by atoms with E-state index < -0.39 is 17.0 Å². The summed E-state index contributed by atoms with van der Waals surface area (Å²) in [5, 5.41) is 15.2. The Balaban J connectivity index is 1.32. The van der Waals surface area contributed by atoms with Gasteiger partial charge >= 0.3 is 6.09 Å². The van der Waals surface area contributed by atoms with E-state index in [-0.39, 0.29) is 23.6 Å². The highest BCUT2D eigenvalue weighted by Gasteiger charge is 2.52. The third-order valence-corrected chi connectivity index (χ3v) is 9.67. The zero-order valence-electron chi connectivity index (χ0n) is 23.3. The van der Waals surface area contributed by atoms with Gasteiger partial charge < -0.3 is 30.0 Å². The van der Waals surface area contributed by atoms with E-state index in [0.29, 0.717) is 44.3 Å². The van der Waals surface area contributed by atoms with Crippen molar-refractivity contribution in [2.45, 2.75) is 50.1 Å². The molecule has 0 aliphatic carbocycles. The summed E-state index contributed by atoms with van der Waals surface area (Å²) in [7, 11) is 1.95. The molecule has 0 bridgehead atoms. The maximum absolute atomic E-state index is 14.2. The molecule has 2 N–H and O–H groups in total. The molecule has 2 fully saturated rings. The lowest BCUT2D eigenvalue weighted by Gasteiger charge is -2.47. The molecule has 2 aromatic rings. The Morgan fingerprint density at radius 3 is 2.40 bits per heavy atom. The topological polar surface area (TPSA) is 96.4 Å². The molecule has 3 amide bonds. The molecule has 1 atom stereocenters. The first-order chi connectivity index (χ1) is 18.9. The number of likely N-dealkylation sites (tertiary alicyclic amines) is 1. The SMILES string of the molecule is CN1C=C2C(=O)N(C3CCN(C(=O)[C@@](CSc4ccc5cc(Cl)ccc5c4)(NC(=O)O)C(C)(C)C)CC3)CN2C1. The molecule has 0 saturated carbocycles. The Hall–Kier alpha value is -3.11. The van der Waals surface area contributed by atoms with Crippen molar-refractivity contribution in [1.29, 1.82) is 0 Å². The molecule has 11 heteroatoms. The minimum Gasteiger partial charge on any atom is -0.465 e. The van der Waals surface area contributed by atoms with Crippen LogP contribution in [0.2, 0.25) is 5.02 Å².